The molecule has 0 fully saturated rings. The van der Waals surface area contributed by atoms with E-state index in [1.165, 1.54) is 12.1 Å². The Balaban J connectivity index is 1.70. The quantitative estimate of drug-likeness (QED) is 0.417. The number of sulfonamides is 1. The van der Waals surface area contributed by atoms with E-state index in [0.717, 1.165) is 11.1 Å². The molecule has 3 aromatic carbocycles. The average molecular weight is 487 g/mol. The maximum Gasteiger partial charge on any atom is 0.265 e. The number of benzene rings is 3. The molecular weight excluding hydrogens is 460 g/mol. The van der Waals surface area contributed by atoms with Gasteiger partial charge in [0.15, 0.2) is 6.10 Å². The molecule has 3 aromatic rings. The first-order chi connectivity index (χ1) is 15.6. The van der Waals surface area contributed by atoms with Crippen LogP contribution < -0.4 is 14.8 Å². The molecule has 0 unspecified atom stereocenters. The number of rotatable bonds is 8. The van der Waals surface area contributed by atoms with Crippen LogP contribution in [0.25, 0.3) is 0 Å². The number of anilines is 2. The minimum absolute atomic E-state index is 0.0681. The number of hydrogen-bond donors (Lipinski definition) is 2. The van der Waals surface area contributed by atoms with Gasteiger partial charge >= 0.3 is 0 Å². The maximum absolute atomic E-state index is 12.8. The van der Waals surface area contributed by atoms with Crippen molar-refractivity contribution in [3.63, 3.8) is 0 Å². The Bertz CT molecular complexity index is 1260. The summed E-state index contributed by atoms with van der Waals surface area (Å²) < 4.78 is 34.0. The molecule has 0 aliphatic rings. The average Bonchev–Trinajstić information content (AvgIpc) is 2.77. The van der Waals surface area contributed by atoms with E-state index in [2.05, 4.69) is 10.0 Å². The van der Waals surface area contributed by atoms with E-state index in [4.69, 9.17) is 16.3 Å². The molecule has 8 heteroatoms. The Morgan fingerprint density at radius 2 is 1.73 bits per heavy atom. The molecule has 1 amide bonds. The van der Waals surface area contributed by atoms with Crippen molar-refractivity contribution in [1.29, 1.82) is 0 Å². The van der Waals surface area contributed by atoms with Gasteiger partial charge in [0.25, 0.3) is 15.9 Å². The van der Waals surface area contributed by atoms with Crippen LogP contribution in [0.5, 0.6) is 5.75 Å². The Morgan fingerprint density at radius 1 is 1.03 bits per heavy atom. The number of halogens is 1. The van der Waals surface area contributed by atoms with Crippen LogP contribution in [0.2, 0.25) is 5.02 Å². The van der Waals surface area contributed by atoms with Crippen LogP contribution in [0.3, 0.4) is 0 Å². The van der Waals surface area contributed by atoms with Crippen LogP contribution >= 0.6 is 11.6 Å². The molecular formula is C25H27ClN2O4S. The fourth-order valence-corrected chi connectivity index (χ4v) is 4.47. The first kappa shape index (κ1) is 24.6. The van der Waals surface area contributed by atoms with Crippen molar-refractivity contribution in [2.75, 3.05) is 10.0 Å². The number of ether oxygens (including phenoxy) is 1. The van der Waals surface area contributed by atoms with Crippen molar-refractivity contribution >= 4 is 38.9 Å². The van der Waals surface area contributed by atoms with E-state index in [0.29, 0.717) is 34.1 Å². The van der Waals surface area contributed by atoms with E-state index in [1.807, 2.05) is 39.0 Å². The van der Waals surface area contributed by atoms with E-state index in [-0.39, 0.29) is 10.8 Å². The molecule has 0 saturated carbocycles. The molecule has 174 valence electrons. The van der Waals surface area contributed by atoms with Crippen LogP contribution in [-0.2, 0) is 14.8 Å². The van der Waals surface area contributed by atoms with Gasteiger partial charge in [-0.05, 0) is 86.3 Å². The SMILES string of the molecule is CC[C@H](Oc1cc(C)ccc1C)C(=O)Nc1ccc(S(=O)(=O)Nc2cccc(Cl)c2C)cc1. The summed E-state index contributed by atoms with van der Waals surface area (Å²) in [6.45, 7) is 7.50. The zero-order chi connectivity index (χ0) is 24.2. The third-order valence-electron chi connectivity index (χ3n) is 5.22. The van der Waals surface area contributed by atoms with Crippen LogP contribution in [0.4, 0.5) is 11.4 Å². The molecule has 0 saturated heterocycles. The largest absolute Gasteiger partial charge is 0.480 e. The lowest BCUT2D eigenvalue weighted by atomic mass is 10.1. The molecule has 0 heterocycles. The number of carbonyl (C=O) groups excluding carboxylic acids is 1. The molecule has 3 rings (SSSR count). The smallest absolute Gasteiger partial charge is 0.265 e. The molecule has 6 nitrogen and oxygen atoms in total. The monoisotopic (exact) mass is 486 g/mol. The minimum atomic E-state index is -3.81. The second-order valence-corrected chi connectivity index (χ2v) is 9.90. The third-order valence-corrected chi connectivity index (χ3v) is 7.01. The van der Waals surface area contributed by atoms with Gasteiger partial charge in [-0.15, -0.1) is 0 Å². The maximum atomic E-state index is 12.8. The normalized spacial score (nSPS) is 12.2. The highest BCUT2D eigenvalue weighted by Crippen LogP contribution is 2.26. The van der Waals surface area contributed by atoms with Gasteiger partial charge in [-0.1, -0.05) is 36.7 Å². The van der Waals surface area contributed by atoms with E-state index in [9.17, 15) is 13.2 Å². The Labute approximate surface area is 200 Å². The van der Waals surface area contributed by atoms with Gasteiger partial charge in [0.05, 0.1) is 10.6 Å². The zero-order valence-corrected chi connectivity index (χ0v) is 20.5. The second-order valence-electron chi connectivity index (χ2n) is 7.82. The Hall–Kier alpha value is -3.03. The Morgan fingerprint density at radius 3 is 2.39 bits per heavy atom. The lowest BCUT2D eigenvalue weighted by molar-refractivity contribution is -0.122. The summed E-state index contributed by atoms with van der Waals surface area (Å²) in [7, 11) is -3.81. The first-order valence-electron chi connectivity index (χ1n) is 10.5. The van der Waals surface area contributed by atoms with Gasteiger partial charge in [-0.2, -0.15) is 0 Å². The summed E-state index contributed by atoms with van der Waals surface area (Å²) in [6, 6.07) is 16.8. The van der Waals surface area contributed by atoms with Crippen LogP contribution in [0, 0.1) is 20.8 Å². The van der Waals surface area contributed by atoms with Gasteiger partial charge < -0.3 is 10.1 Å². The van der Waals surface area contributed by atoms with E-state index in [1.54, 1.807) is 37.3 Å². The fourth-order valence-electron chi connectivity index (χ4n) is 3.17. The molecule has 0 aromatic heterocycles. The van der Waals surface area contributed by atoms with Crippen molar-refractivity contribution in [2.45, 2.75) is 45.1 Å². The van der Waals surface area contributed by atoms with Crippen molar-refractivity contribution in [2.24, 2.45) is 0 Å². The number of amides is 1. The first-order valence-corrected chi connectivity index (χ1v) is 12.4. The molecule has 33 heavy (non-hydrogen) atoms. The van der Waals surface area contributed by atoms with Gasteiger partial charge in [-0.3, -0.25) is 9.52 Å². The molecule has 0 spiro atoms. The molecule has 0 aliphatic heterocycles. The predicted molar refractivity (Wildman–Crippen MR) is 133 cm³/mol. The topological polar surface area (TPSA) is 84.5 Å². The summed E-state index contributed by atoms with van der Waals surface area (Å²) in [5, 5.41) is 3.27. The summed E-state index contributed by atoms with van der Waals surface area (Å²) >= 11 is 6.08. The van der Waals surface area contributed by atoms with Crippen molar-refractivity contribution in [1.82, 2.24) is 0 Å². The van der Waals surface area contributed by atoms with E-state index < -0.39 is 16.1 Å². The summed E-state index contributed by atoms with van der Waals surface area (Å²) in [5.74, 6) is 0.363. The molecule has 2 N–H and O–H groups in total. The molecule has 0 aliphatic carbocycles. The van der Waals surface area contributed by atoms with Crippen LogP contribution in [0.15, 0.2) is 65.6 Å². The molecule has 0 bridgehead atoms. The van der Waals surface area contributed by atoms with Crippen molar-refractivity contribution < 1.29 is 17.9 Å². The van der Waals surface area contributed by atoms with Gasteiger partial charge in [0.1, 0.15) is 5.75 Å². The molecule has 0 radical (unpaired) electrons. The highest BCUT2D eigenvalue weighted by Gasteiger charge is 2.20. The third kappa shape index (κ3) is 6.06. The number of carbonyl (C=O) groups is 1. The number of hydrogen-bond acceptors (Lipinski definition) is 4. The Kier molecular flexibility index (Phi) is 7.66. The second kappa shape index (κ2) is 10.3. The molecule has 1 atom stereocenters. The fraction of sp³-hybridized carbons (Fsp3) is 0.240. The highest BCUT2D eigenvalue weighted by molar-refractivity contribution is 7.92. The van der Waals surface area contributed by atoms with Crippen LogP contribution in [-0.4, -0.2) is 20.4 Å². The standard InChI is InChI=1S/C25H27ClN2O4S/c1-5-23(32-24-15-16(2)9-10-17(24)3)25(29)27-19-11-13-20(14-12-19)33(30,31)28-22-8-6-7-21(26)18(22)4/h6-15,23,28H,5H2,1-4H3,(H,27,29)/t23-/m0/s1. The van der Waals surface area contributed by atoms with Gasteiger partial charge in [-0.25, -0.2) is 8.42 Å². The van der Waals surface area contributed by atoms with Gasteiger partial charge in [0.2, 0.25) is 0 Å². The number of nitrogens with one attached hydrogen (secondary N) is 2. The lowest BCUT2D eigenvalue weighted by Crippen LogP contribution is -2.32. The van der Waals surface area contributed by atoms with E-state index >= 15 is 0 Å². The van der Waals surface area contributed by atoms with Crippen molar-refractivity contribution in [3.05, 3.63) is 82.4 Å². The predicted octanol–water partition coefficient (Wildman–Crippen LogP) is 5.86. The van der Waals surface area contributed by atoms with Gasteiger partial charge in [0, 0.05) is 10.7 Å². The highest BCUT2D eigenvalue weighted by atomic mass is 35.5. The lowest BCUT2D eigenvalue weighted by Gasteiger charge is -2.19. The summed E-state index contributed by atoms with van der Waals surface area (Å²) in [6.07, 6.45) is -0.199. The minimum Gasteiger partial charge on any atom is -0.480 e. The summed E-state index contributed by atoms with van der Waals surface area (Å²) in [5.41, 5.74) is 3.52. The van der Waals surface area contributed by atoms with Crippen LogP contribution in [0.1, 0.15) is 30.0 Å². The van der Waals surface area contributed by atoms with Crippen molar-refractivity contribution in [3.8, 4) is 5.75 Å². The number of aryl methyl sites for hydroxylation is 2. The summed E-state index contributed by atoms with van der Waals surface area (Å²) in [4.78, 5) is 12.8. The zero-order valence-electron chi connectivity index (χ0n) is 19.0.